The van der Waals surface area contributed by atoms with Gasteiger partial charge in [0.1, 0.15) is 0 Å². The number of rotatable bonds is 3. The Bertz CT molecular complexity index is 925. The fourth-order valence-electron chi connectivity index (χ4n) is 4.27. The average molecular weight is 378 g/mol. The summed E-state index contributed by atoms with van der Waals surface area (Å²) in [6, 6.07) is 13.5. The van der Waals surface area contributed by atoms with E-state index in [0.717, 1.165) is 43.1 Å². The van der Waals surface area contributed by atoms with Crippen LogP contribution in [0.15, 0.2) is 42.5 Å². The number of carbonyl (C=O) groups is 2. The van der Waals surface area contributed by atoms with Gasteiger partial charge in [-0.15, -0.1) is 0 Å². The highest BCUT2D eigenvalue weighted by Crippen LogP contribution is 2.37. The zero-order chi connectivity index (χ0) is 19.1. The SMILES string of the molecule is O=C(c1ccc(N2CCCC2=O)cc1)N1CCC(c2ccc3c(c2)OCO3)C1. The van der Waals surface area contributed by atoms with E-state index in [4.69, 9.17) is 9.47 Å². The minimum atomic E-state index is 0.0440. The van der Waals surface area contributed by atoms with Gasteiger partial charge < -0.3 is 19.3 Å². The molecule has 2 amide bonds. The molecule has 5 rings (SSSR count). The molecule has 0 N–H and O–H groups in total. The minimum absolute atomic E-state index is 0.0440. The first-order chi connectivity index (χ1) is 13.7. The van der Waals surface area contributed by atoms with E-state index in [0.29, 0.717) is 24.4 Å². The van der Waals surface area contributed by atoms with Crippen LogP contribution < -0.4 is 14.4 Å². The fraction of sp³-hybridized carbons (Fsp3) is 0.364. The normalized spacial score (nSPS) is 20.9. The summed E-state index contributed by atoms with van der Waals surface area (Å²) in [5.41, 5.74) is 2.72. The van der Waals surface area contributed by atoms with Gasteiger partial charge in [-0.3, -0.25) is 9.59 Å². The van der Waals surface area contributed by atoms with Gasteiger partial charge in [0.2, 0.25) is 12.7 Å². The molecular weight excluding hydrogens is 356 g/mol. The van der Waals surface area contributed by atoms with Crippen molar-refractivity contribution in [2.75, 3.05) is 31.3 Å². The van der Waals surface area contributed by atoms with Crippen LogP contribution in [0.25, 0.3) is 0 Å². The van der Waals surface area contributed by atoms with Crippen molar-refractivity contribution in [3.63, 3.8) is 0 Å². The van der Waals surface area contributed by atoms with Gasteiger partial charge in [-0.25, -0.2) is 0 Å². The predicted octanol–water partition coefficient (Wildman–Crippen LogP) is 3.17. The summed E-state index contributed by atoms with van der Waals surface area (Å²) < 4.78 is 10.8. The van der Waals surface area contributed by atoms with Crippen molar-refractivity contribution in [3.05, 3.63) is 53.6 Å². The second-order valence-electron chi connectivity index (χ2n) is 7.55. The first kappa shape index (κ1) is 17.1. The lowest BCUT2D eigenvalue weighted by molar-refractivity contribution is -0.117. The molecule has 3 aliphatic heterocycles. The highest BCUT2D eigenvalue weighted by Gasteiger charge is 2.29. The average Bonchev–Trinajstić information content (AvgIpc) is 3.47. The Morgan fingerprint density at radius 1 is 1.00 bits per heavy atom. The zero-order valence-electron chi connectivity index (χ0n) is 15.6. The molecule has 144 valence electrons. The molecule has 0 saturated carbocycles. The summed E-state index contributed by atoms with van der Waals surface area (Å²) >= 11 is 0. The standard InChI is InChI=1S/C22H22N2O4/c25-21-2-1-10-24(21)18-6-3-15(4-7-18)22(26)23-11-9-17(13-23)16-5-8-19-20(12-16)28-14-27-19/h3-8,12,17H,1-2,9-11,13-14H2. The van der Waals surface area contributed by atoms with Gasteiger partial charge in [0.05, 0.1) is 0 Å². The second-order valence-corrected chi connectivity index (χ2v) is 7.55. The molecule has 3 heterocycles. The number of benzene rings is 2. The van der Waals surface area contributed by atoms with Gasteiger partial charge in [0.25, 0.3) is 5.91 Å². The number of nitrogens with zero attached hydrogens (tertiary/aromatic N) is 2. The molecule has 2 saturated heterocycles. The molecule has 3 aliphatic rings. The third-order valence-corrected chi connectivity index (χ3v) is 5.84. The Morgan fingerprint density at radius 2 is 1.82 bits per heavy atom. The number of likely N-dealkylation sites (tertiary alicyclic amines) is 1. The lowest BCUT2D eigenvalue weighted by atomic mass is 9.98. The number of hydrogen-bond donors (Lipinski definition) is 0. The van der Waals surface area contributed by atoms with E-state index in [9.17, 15) is 9.59 Å². The summed E-state index contributed by atoms with van der Waals surface area (Å²) in [6.07, 6.45) is 2.44. The van der Waals surface area contributed by atoms with E-state index in [-0.39, 0.29) is 18.6 Å². The fourth-order valence-corrected chi connectivity index (χ4v) is 4.27. The second kappa shape index (κ2) is 6.86. The Morgan fingerprint density at radius 3 is 2.61 bits per heavy atom. The van der Waals surface area contributed by atoms with Gasteiger partial charge in [0.15, 0.2) is 11.5 Å². The summed E-state index contributed by atoms with van der Waals surface area (Å²) in [5.74, 6) is 2.08. The van der Waals surface area contributed by atoms with E-state index in [1.54, 1.807) is 4.90 Å². The summed E-state index contributed by atoms with van der Waals surface area (Å²) in [7, 11) is 0. The molecule has 2 aromatic rings. The molecule has 6 heteroatoms. The van der Waals surface area contributed by atoms with E-state index in [1.807, 2.05) is 41.3 Å². The van der Waals surface area contributed by atoms with Crippen LogP contribution in [0.2, 0.25) is 0 Å². The molecule has 28 heavy (non-hydrogen) atoms. The molecule has 1 unspecified atom stereocenters. The van der Waals surface area contributed by atoms with Crippen molar-refractivity contribution < 1.29 is 19.1 Å². The molecule has 0 aliphatic carbocycles. The molecule has 6 nitrogen and oxygen atoms in total. The Labute approximate surface area is 163 Å². The van der Waals surface area contributed by atoms with Crippen LogP contribution >= 0.6 is 0 Å². The first-order valence-corrected chi connectivity index (χ1v) is 9.78. The van der Waals surface area contributed by atoms with E-state index >= 15 is 0 Å². The maximum absolute atomic E-state index is 12.9. The van der Waals surface area contributed by atoms with Gasteiger partial charge in [-0.1, -0.05) is 6.07 Å². The summed E-state index contributed by atoms with van der Waals surface area (Å²) in [6.45, 7) is 2.47. The van der Waals surface area contributed by atoms with Gasteiger partial charge in [-0.2, -0.15) is 0 Å². The van der Waals surface area contributed by atoms with Crippen LogP contribution in [-0.2, 0) is 4.79 Å². The number of anilines is 1. The molecule has 0 radical (unpaired) electrons. The smallest absolute Gasteiger partial charge is 0.253 e. The highest BCUT2D eigenvalue weighted by molar-refractivity contribution is 5.97. The number of carbonyl (C=O) groups excluding carboxylic acids is 2. The van der Waals surface area contributed by atoms with Gasteiger partial charge in [0, 0.05) is 43.2 Å². The van der Waals surface area contributed by atoms with Crippen LogP contribution in [0, 0.1) is 0 Å². The Balaban J connectivity index is 1.27. The third kappa shape index (κ3) is 2.99. The van der Waals surface area contributed by atoms with Crippen LogP contribution in [-0.4, -0.2) is 43.1 Å². The van der Waals surface area contributed by atoms with Gasteiger partial charge >= 0.3 is 0 Å². The Hall–Kier alpha value is -3.02. The molecular formula is C22H22N2O4. The summed E-state index contributed by atoms with van der Waals surface area (Å²) in [5, 5.41) is 0. The van der Waals surface area contributed by atoms with Crippen molar-refractivity contribution in [1.29, 1.82) is 0 Å². The molecule has 2 fully saturated rings. The molecule has 2 aromatic carbocycles. The highest BCUT2D eigenvalue weighted by atomic mass is 16.7. The molecule has 0 aromatic heterocycles. The van der Waals surface area contributed by atoms with E-state index in [2.05, 4.69) is 6.07 Å². The van der Waals surface area contributed by atoms with Crippen LogP contribution in [0.3, 0.4) is 0 Å². The number of hydrogen-bond acceptors (Lipinski definition) is 4. The topological polar surface area (TPSA) is 59.1 Å². The quantitative estimate of drug-likeness (QED) is 0.823. The van der Waals surface area contributed by atoms with E-state index < -0.39 is 0 Å². The van der Waals surface area contributed by atoms with Crippen molar-refractivity contribution in [3.8, 4) is 11.5 Å². The maximum Gasteiger partial charge on any atom is 0.253 e. The predicted molar refractivity (Wildman–Crippen MR) is 104 cm³/mol. The van der Waals surface area contributed by atoms with Crippen LogP contribution in [0.5, 0.6) is 11.5 Å². The van der Waals surface area contributed by atoms with E-state index in [1.165, 1.54) is 5.56 Å². The monoisotopic (exact) mass is 378 g/mol. The first-order valence-electron chi connectivity index (χ1n) is 9.78. The number of fused-ring (bicyclic) bond motifs is 1. The molecule has 0 bridgehead atoms. The molecule has 1 atom stereocenters. The lowest BCUT2D eigenvalue weighted by Gasteiger charge is -2.19. The number of amides is 2. The largest absolute Gasteiger partial charge is 0.454 e. The minimum Gasteiger partial charge on any atom is -0.454 e. The summed E-state index contributed by atoms with van der Waals surface area (Å²) in [4.78, 5) is 28.5. The maximum atomic E-state index is 12.9. The molecule has 0 spiro atoms. The van der Waals surface area contributed by atoms with Crippen molar-refractivity contribution in [2.24, 2.45) is 0 Å². The zero-order valence-corrected chi connectivity index (χ0v) is 15.6. The third-order valence-electron chi connectivity index (χ3n) is 5.84. The van der Waals surface area contributed by atoms with Crippen molar-refractivity contribution >= 4 is 17.5 Å². The number of ether oxygens (including phenoxy) is 2. The Kier molecular flexibility index (Phi) is 4.19. The van der Waals surface area contributed by atoms with Gasteiger partial charge in [-0.05, 0) is 54.8 Å². The lowest BCUT2D eigenvalue weighted by Crippen LogP contribution is -2.28. The van der Waals surface area contributed by atoms with Crippen molar-refractivity contribution in [1.82, 2.24) is 4.90 Å². The van der Waals surface area contributed by atoms with Crippen molar-refractivity contribution in [2.45, 2.75) is 25.2 Å². The van der Waals surface area contributed by atoms with Crippen LogP contribution in [0.1, 0.15) is 41.1 Å². The van der Waals surface area contributed by atoms with Crippen LogP contribution in [0.4, 0.5) is 5.69 Å².